The lowest BCUT2D eigenvalue weighted by molar-refractivity contribution is -0.116. The molecular formula is C18H21N3O4S2. The van der Waals surface area contributed by atoms with Gasteiger partial charge in [-0.1, -0.05) is 12.1 Å². The molecule has 0 saturated carbocycles. The molecule has 0 radical (unpaired) electrons. The molecule has 1 N–H and O–H groups in total. The molecule has 144 valence electrons. The summed E-state index contributed by atoms with van der Waals surface area (Å²) in [5.41, 5.74) is 0.513. The maximum atomic E-state index is 12.6. The van der Waals surface area contributed by atoms with Crippen LogP contribution in [0, 0.1) is 0 Å². The normalized spacial score (nSPS) is 17.3. The van der Waals surface area contributed by atoms with E-state index in [0.717, 1.165) is 9.18 Å². The minimum absolute atomic E-state index is 0.0376. The highest BCUT2D eigenvalue weighted by Crippen LogP contribution is 2.26. The van der Waals surface area contributed by atoms with Crippen molar-refractivity contribution in [2.24, 2.45) is 0 Å². The predicted octanol–water partition coefficient (Wildman–Crippen LogP) is 1.85. The molecule has 27 heavy (non-hydrogen) atoms. The maximum absolute atomic E-state index is 12.6. The SMILES string of the molecule is CN(C)C(CNC(=O)c1cccc(N2C(=O)CCS2(=O)=O)c1)c1cccs1. The van der Waals surface area contributed by atoms with Gasteiger partial charge in [-0.05, 0) is 43.7 Å². The molecule has 3 rings (SSSR count). The van der Waals surface area contributed by atoms with Gasteiger partial charge >= 0.3 is 0 Å². The lowest BCUT2D eigenvalue weighted by Gasteiger charge is -2.23. The van der Waals surface area contributed by atoms with Crippen LogP contribution >= 0.6 is 11.3 Å². The summed E-state index contributed by atoms with van der Waals surface area (Å²) in [6, 6.07) is 10.2. The second-order valence-electron chi connectivity index (χ2n) is 6.48. The summed E-state index contributed by atoms with van der Waals surface area (Å²) in [5.74, 6) is -0.990. The Morgan fingerprint density at radius 2 is 2.07 bits per heavy atom. The van der Waals surface area contributed by atoms with E-state index in [0.29, 0.717) is 12.1 Å². The Labute approximate surface area is 162 Å². The molecule has 1 aliphatic rings. The van der Waals surface area contributed by atoms with Crippen LogP contribution in [0.1, 0.15) is 27.7 Å². The average Bonchev–Trinajstić information content (AvgIpc) is 3.23. The van der Waals surface area contributed by atoms with Gasteiger partial charge in [-0.25, -0.2) is 12.7 Å². The molecule has 2 amide bonds. The number of anilines is 1. The Hall–Kier alpha value is -2.23. The third-order valence-electron chi connectivity index (χ3n) is 4.37. The Morgan fingerprint density at radius 3 is 2.67 bits per heavy atom. The predicted molar refractivity (Wildman–Crippen MR) is 105 cm³/mol. The van der Waals surface area contributed by atoms with Gasteiger partial charge in [0.05, 0.1) is 17.5 Å². The first kappa shape index (κ1) is 19.5. The minimum atomic E-state index is -3.65. The van der Waals surface area contributed by atoms with E-state index >= 15 is 0 Å². The van der Waals surface area contributed by atoms with Crippen LogP contribution < -0.4 is 9.62 Å². The molecule has 2 heterocycles. The zero-order valence-corrected chi connectivity index (χ0v) is 16.7. The minimum Gasteiger partial charge on any atom is -0.350 e. The number of nitrogens with one attached hydrogen (secondary N) is 1. The van der Waals surface area contributed by atoms with Gasteiger partial charge in [0.2, 0.25) is 15.9 Å². The molecular weight excluding hydrogens is 386 g/mol. The van der Waals surface area contributed by atoms with E-state index in [1.807, 2.05) is 36.5 Å². The lowest BCUT2D eigenvalue weighted by atomic mass is 10.1. The average molecular weight is 408 g/mol. The van der Waals surface area contributed by atoms with Gasteiger partial charge in [0.15, 0.2) is 0 Å². The Bertz CT molecular complexity index is 939. The van der Waals surface area contributed by atoms with E-state index < -0.39 is 15.9 Å². The smallest absolute Gasteiger partial charge is 0.251 e. The summed E-state index contributed by atoms with van der Waals surface area (Å²) < 4.78 is 24.9. The number of hydrogen-bond acceptors (Lipinski definition) is 6. The topological polar surface area (TPSA) is 86.8 Å². The first-order chi connectivity index (χ1) is 12.8. The molecule has 2 aromatic rings. The monoisotopic (exact) mass is 407 g/mol. The number of nitrogens with zero attached hydrogens (tertiary/aromatic N) is 2. The number of thiophene rings is 1. The summed E-state index contributed by atoms with van der Waals surface area (Å²) in [7, 11) is 0.239. The van der Waals surface area contributed by atoms with Crippen molar-refractivity contribution in [1.82, 2.24) is 10.2 Å². The van der Waals surface area contributed by atoms with Crippen molar-refractivity contribution in [2.45, 2.75) is 12.5 Å². The van der Waals surface area contributed by atoms with Crippen LogP contribution in [0.3, 0.4) is 0 Å². The van der Waals surface area contributed by atoms with Gasteiger partial charge < -0.3 is 10.2 Å². The molecule has 1 aromatic carbocycles. The number of sulfonamides is 1. The molecule has 1 atom stereocenters. The van der Waals surface area contributed by atoms with Crippen LogP contribution in [0.25, 0.3) is 0 Å². The summed E-state index contributed by atoms with van der Waals surface area (Å²) >= 11 is 1.62. The van der Waals surface area contributed by atoms with E-state index in [-0.39, 0.29) is 29.8 Å². The Kier molecular flexibility index (Phi) is 5.64. The fourth-order valence-corrected chi connectivity index (χ4v) is 5.33. The van der Waals surface area contributed by atoms with Crippen LogP contribution in [0.4, 0.5) is 5.69 Å². The molecule has 9 heteroatoms. The van der Waals surface area contributed by atoms with Crippen LogP contribution in [-0.4, -0.2) is 51.5 Å². The largest absolute Gasteiger partial charge is 0.350 e. The van der Waals surface area contributed by atoms with Crippen LogP contribution in [0.5, 0.6) is 0 Å². The van der Waals surface area contributed by atoms with Crippen molar-refractivity contribution in [1.29, 1.82) is 0 Å². The number of carbonyl (C=O) groups excluding carboxylic acids is 2. The van der Waals surface area contributed by atoms with E-state index in [4.69, 9.17) is 0 Å². The second-order valence-corrected chi connectivity index (χ2v) is 9.40. The number of likely N-dealkylation sites (N-methyl/N-ethyl adjacent to an activating group) is 1. The number of carbonyl (C=O) groups is 2. The van der Waals surface area contributed by atoms with Gasteiger partial charge in [0.25, 0.3) is 5.91 Å². The van der Waals surface area contributed by atoms with Gasteiger partial charge in [-0.3, -0.25) is 9.59 Å². The van der Waals surface area contributed by atoms with E-state index in [2.05, 4.69) is 5.32 Å². The quantitative estimate of drug-likeness (QED) is 0.790. The van der Waals surface area contributed by atoms with Gasteiger partial charge in [0.1, 0.15) is 0 Å². The van der Waals surface area contributed by atoms with E-state index in [1.165, 1.54) is 12.1 Å². The third-order valence-corrected chi connectivity index (χ3v) is 7.04. The van der Waals surface area contributed by atoms with Gasteiger partial charge in [0, 0.05) is 23.4 Å². The molecule has 1 unspecified atom stereocenters. The fraction of sp³-hybridized carbons (Fsp3) is 0.333. The highest BCUT2D eigenvalue weighted by atomic mass is 32.2. The first-order valence-electron chi connectivity index (χ1n) is 8.43. The second kappa shape index (κ2) is 7.79. The number of rotatable bonds is 6. The van der Waals surface area contributed by atoms with Crippen molar-refractivity contribution >= 4 is 38.9 Å². The van der Waals surface area contributed by atoms with Crippen LogP contribution in [-0.2, 0) is 14.8 Å². The first-order valence-corrected chi connectivity index (χ1v) is 10.9. The molecule has 1 aromatic heterocycles. The van der Waals surface area contributed by atoms with Crippen LogP contribution in [0.15, 0.2) is 41.8 Å². The highest BCUT2D eigenvalue weighted by molar-refractivity contribution is 7.94. The van der Waals surface area contributed by atoms with Crippen LogP contribution in [0.2, 0.25) is 0 Å². The third kappa shape index (κ3) is 4.20. The summed E-state index contributed by atoms with van der Waals surface area (Å²) in [4.78, 5) is 27.7. The summed E-state index contributed by atoms with van der Waals surface area (Å²) in [6.45, 7) is 0.414. The molecule has 0 spiro atoms. The van der Waals surface area contributed by atoms with Gasteiger partial charge in [-0.15, -0.1) is 11.3 Å². The highest BCUT2D eigenvalue weighted by Gasteiger charge is 2.36. The lowest BCUT2D eigenvalue weighted by Crippen LogP contribution is -2.34. The van der Waals surface area contributed by atoms with Crippen molar-refractivity contribution in [3.8, 4) is 0 Å². The molecule has 1 saturated heterocycles. The fourth-order valence-electron chi connectivity index (χ4n) is 2.95. The van der Waals surface area contributed by atoms with Gasteiger partial charge in [-0.2, -0.15) is 0 Å². The molecule has 1 fully saturated rings. The number of benzene rings is 1. The van der Waals surface area contributed by atoms with E-state index in [9.17, 15) is 18.0 Å². The molecule has 0 bridgehead atoms. The maximum Gasteiger partial charge on any atom is 0.251 e. The molecule has 0 aliphatic carbocycles. The Balaban J connectivity index is 1.75. The summed E-state index contributed by atoms with van der Waals surface area (Å²) in [6.07, 6.45) is -0.0376. The van der Waals surface area contributed by atoms with E-state index in [1.54, 1.807) is 23.5 Å². The zero-order valence-electron chi connectivity index (χ0n) is 15.1. The number of hydrogen-bond donors (Lipinski definition) is 1. The van der Waals surface area contributed by atoms with Crippen molar-refractivity contribution in [2.75, 3.05) is 30.7 Å². The zero-order chi connectivity index (χ0) is 19.6. The number of amides is 2. The summed E-state index contributed by atoms with van der Waals surface area (Å²) in [5, 5.41) is 4.88. The molecule has 7 nitrogen and oxygen atoms in total. The van der Waals surface area contributed by atoms with Crippen molar-refractivity contribution in [3.05, 3.63) is 52.2 Å². The van der Waals surface area contributed by atoms with Crippen molar-refractivity contribution < 1.29 is 18.0 Å². The molecule has 1 aliphatic heterocycles. The Morgan fingerprint density at radius 1 is 1.30 bits per heavy atom. The standard InChI is InChI=1S/C18H21N3O4S2/c1-20(2)15(16-7-4-9-26-16)12-19-18(23)13-5-3-6-14(11-13)21-17(22)8-10-27(21,24)25/h3-7,9,11,15H,8,10,12H2,1-2H3,(H,19,23). The van der Waals surface area contributed by atoms with Crippen molar-refractivity contribution in [3.63, 3.8) is 0 Å².